The molecule has 6 heteroatoms. The molecule has 20 heavy (non-hydrogen) atoms. The maximum Gasteiger partial charge on any atom is 0.0864 e. The van der Waals surface area contributed by atoms with Gasteiger partial charge in [0.1, 0.15) is 0 Å². The van der Waals surface area contributed by atoms with Gasteiger partial charge in [-0.1, -0.05) is 95.3 Å². The molecule has 106 valence electrons. The average Bonchev–Trinajstić information content (AvgIpc) is 2.42. The molecule has 0 aliphatic carbocycles. The van der Waals surface area contributed by atoms with E-state index in [1.165, 1.54) is 0 Å². The number of hydrogen-bond donors (Lipinski definition) is 1. The van der Waals surface area contributed by atoms with Crippen LogP contribution < -0.4 is 5.32 Å². The first-order valence-corrected chi connectivity index (χ1v) is 9.23. The molecule has 0 bridgehead atoms. The van der Waals surface area contributed by atoms with Crippen LogP contribution in [0.15, 0.2) is 42.5 Å². The van der Waals surface area contributed by atoms with Crippen molar-refractivity contribution in [2.24, 2.45) is 0 Å². The first-order chi connectivity index (χ1) is 9.50. The smallest absolute Gasteiger partial charge is 0.0864 e. The molecule has 2 aromatic rings. The predicted octanol–water partition coefficient (Wildman–Crippen LogP) is 7.29. The Morgan fingerprint density at radius 3 is 2.05 bits per heavy atom. The van der Waals surface area contributed by atoms with E-state index in [1.54, 1.807) is 0 Å². The van der Waals surface area contributed by atoms with Crippen molar-refractivity contribution in [3.05, 3.63) is 58.1 Å². The summed E-state index contributed by atoms with van der Waals surface area (Å²) < 4.78 is 0.111. The second kappa shape index (κ2) is 7.50. The highest BCUT2D eigenvalue weighted by Crippen LogP contribution is 2.40. The van der Waals surface area contributed by atoms with Gasteiger partial charge >= 0.3 is 0 Å². The quantitative estimate of drug-likeness (QED) is 0.433. The molecule has 0 heterocycles. The zero-order valence-electron chi connectivity index (χ0n) is 10.1. The Kier molecular flexibility index (Phi) is 6.24. The van der Waals surface area contributed by atoms with Crippen LogP contribution in [-0.2, 0) is 0 Å². The van der Waals surface area contributed by atoms with E-state index in [2.05, 4.69) is 53.1 Å². The number of alkyl halides is 3. The van der Waals surface area contributed by atoms with Gasteiger partial charge in [0, 0.05) is 5.69 Å². The summed E-state index contributed by atoms with van der Waals surface area (Å²) in [4.78, 5) is 0.104. The van der Waals surface area contributed by atoms with Gasteiger partial charge in [-0.3, -0.25) is 0 Å². The van der Waals surface area contributed by atoms with Crippen LogP contribution in [0.2, 0.25) is 10.0 Å². The first-order valence-electron chi connectivity index (χ1n) is 5.73. The highest BCUT2D eigenvalue weighted by Gasteiger charge is 2.18. The van der Waals surface area contributed by atoms with Crippen LogP contribution in [0.4, 0.5) is 11.4 Å². The summed E-state index contributed by atoms with van der Waals surface area (Å²) in [6, 6.07) is 13.4. The minimum Gasteiger partial charge on any atom is -0.353 e. The third-order valence-corrected chi connectivity index (χ3v) is 6.83. The minimum absolute atomic E-state index is 0.104. The number of nitrogens with one attached hydrogen (secondary N) is 1. The summed E-state index contributed by atoms with van der Waals surface area (Å²) >= 11 is 23.1. The van der Waals surface area contributed by atoms with Gasteiger partial charge in [0.25, 0.3) is 0 Å². The number of para-hydroxylation sites is 2. The van der Waals surface area contributed by atoms with E-state index in [0.29, 0.717) is 15.7 Å². The van der Waals surface area contributed by atoms with E-state index in [-0.39, 0.29) is 8.56 Å². The van der Waals surface area contributed by atoms with Crippen LogP contribution in [-0.4, -0.2) is 3.74 Å². The summed E-state index contributed by atoms with van der Waals surface area (Å²) in [7, 11) is 0. The molecular formula is C14H10Br3Cl2N. The van der Waals surface area contributed by atoms with Crippen LogP contribution >= 0.6 is 71.0 Å². The topological polar surface area (TPSA) is 12.0 Å². The molecule has 0 amide bonds. The molecule has 0 saturated heterocycles. The summed E-state index contributed by atoms with van der Waals surface area (Å²) in [6.07, 6.45) is 0. The van der Waals surface area contributed by atoms with E-state index in [9.17, 15) is 0 Å². The summed E-state index contributed by atoms with van der Waals surface area (Å²) in [5, 5.41) is 4.49. The lowest BCUT2D eigenvalue weighted by Crippen LogP contribution is -2.03. The molecule has 0 saturated carbocycles. The molecule has 0 spiro atoms. The van der Waals surface area contributed by atoms with E-state index < -0.39 is 0 Å². The SMILES string of the molecule is Clc1cccc(Cl)c1Nc1ccccc1C(Br)C(Br)Br. The van der Waals surface area contributed by atoms with Gasteiger partial charge < -0.3 is 5.32 Å². The number of anilines is 2. The average molecular weight is 503 g/mol. The van der Waals surface area contributed by atoms with Crippen molar-refractivity contribution < 1.29 is 0 Å². The zero-order chi connectivity index (χ0) is 14.7. The monoisotopic (exact) mass is 499 g/mol. The molecule has 1 unspecified atom stereocenters. The van der Waals surface area contributed by atoms with Crippen molar-refractivity contribution in [2.45, 2.75) is 8.56 Å². The van der Waals surface area contributed by atoms with Crippen molar-refractivity contribution in [1.82, 2.24) is 0 Å². The maximum atomic E-state index is 6.20. The molecule has 2 aromatic carbocycles. The third-order valence-electron chi connectivity index (χ3n) is 2.70. The number of halogens is 5. The second-order valence-corrected chi connectivity index (χ2v) is 9.05. The van der Waals surface area contributed by atoms with Gasteiger partial charge in [0.15, 0.2) is 0 Å². The van der Waals surface area contributed by atoms with E-state index in [4.69, 9.17) is 23.2 Å². The third kappa shape index (κ3) is 3.92. The molecule has 1 N–H and O–H groups in total. The fourth-order valence-electron chi connectivity index (χ4n) is 1.74. The Labute approximate surface area is 153 Å². The lowest BCUT2D eigenvalue weighted by molar-refractivity contribution is 1.12. The number of benzene rings is 2. The first kappa shape index (κ1) is 16.6. The van der Waals surface area contributed by atoms with Gasteiger partial charge in [-0.15, -0.1) is 0 Å². The molecule has 1 nitrogen and oxygen atoms in total. The minimum atomic E-state index is 0.104. The highest BCUT2D eigenvalue weighted by atomic mass is 79.9. The largest absolute Gasteiger partial charge is 0.353 e. The maximum absolute atomic E-state index is 6.20. The molecule has 0 aliphatic rings. The molecule has 1 atom stereocenters. The van der Waals surface area contributed by atoms with Crippen LogP contribution in [0.3, 0.4) is 0 Å². The fourth-order valence-corrected chi connectivity index (χ4v) is 3.20. The Hall–Kier alpha value is 0.260. The second-order valence-electron chi connectivity index (χ2n) is 4.05. The van der Waals surface area contributed by atoms with Crippen LogP contribution in [0.25, 0.3) is 0 Å². The van der Waals surface area contributed by atoms with Gasteiger partial charge in [-0.2, -0.15) is 0 Å². The van der Waals surface area contributed by atoms with Crippen molar-refractivity contribution in [3.8, 4) is 0 Å². The van der Waals surface area contributed by atoms with Crippen molar-refractivity contribution in [1.29, 1.82) is 0 Å². The van der Waals surface area contributed by atoms with Crippen molar-refractivity contribution in [2.75, 3.05) is 5.32 Å². The van der Waals surface area contributed by atoms with E-state index in [0.717, 1.165) is 11.3 Å². The normalized spacial score (nSPS) is 12.5. The fraction of sp³-hybridized carbons (Fsp3) is 0.143. The Morgan fingerprint density at radius 2 is 1.45 bits per heavy atom. The van der Waals surface area contributed by atoms with Gasteiger partial charge in [-0.25, -0.2) is 0 Å². The molecule has 0 aromatic heterocycles. The van der Waals surface area contributed by atoms with Crippen LogP contribution in [0.1, 0.15) is 10.4 Å². The Morgan fingerprint density at radius 1 is 0.850 bits per heavy atom. The van der Waals surface area contributed by atoms with Gasteiger partial charge in [0.2, 0.25) is 0 Å². The van der Waals surface area contributed by atoms with Crippen LogP contribution in [0, 0.1) is 0 Å². The van der Waals surface area contributed by atoms with E-state index in [1.807, 2.05) is 42.5 Å². The summed E-state index contributed by atoms with van der Waals surface area (Å²) in [6.45, 7) is 0. The van der Waals surface area contributed by atoms with Crippen molar-refractivity contribution >= 4 is 82.4 Å². The summed E-state index contributed by atoms with van der Waals surface area (Å²) in [5.41, 5.74) is 2.76. The molecule has 0 aliphatic heterocycles. The highest BCUT2D eigenvalue weighted by molar-refractivity contribution is 9.25. The van der Waals surface area contributed by atoms with Crippen LogP contribution in [0.5, 0.6) is 0 Å². The molecule has 0 fully saturated rings. The van der Waals surface area contributed by atoms with Gasteiger partial charge in [-0.05, 0) is 23.8 Å². The van der Waals surface area contributed by atoms with Crippen molar-refractivity contribution in [3.63, 3.8) is 0 Å². The molecular weight excluding hydrogens is 493 g/mol. The Bertz CT molecular complexity index is 584. The summed E-state index contributed by atoms with van der Waals surface area (Å²) in [5.74, 6) is 0. The standard InChI is InChI=1S/C14H10Br3Cl2N/c15-12(14(16)17)8-4-1-2-7-11(8)20-13-9(18)5-3-6-10(13)19/h1-7,12,14,20H. The Balaban J connectivity index is 2.39. The van der Waals surface area contributed by atoms with E-state index >= 15 is 0 Å². The number of hydrogen-bond acceptors (Lipinski definition) is 1. The van der Waals surface area contributed by atoms with Gasteiger partial charge in [0.05, 0.1) is 24.3 Å². The lowest BCUT2D eigenvalue weighted by Gasteiger charge is -2.18. The molecule has 2 rings (SSSR count). The lowest BCUT2D eigenvalue weighted by atomic mass is 10.1. The molecule has 0 radical (unpaired) electrons. The zero-order valence-corrected chi connectivity index (χ0v) is 16.4. The number of rotatable bonds is 4. The predicted molar refractivity (Wildman–Crippen MR) is 99.5 cm³/mol.